The first-order valence-corrected chi connectivity index (χ1v) is 8.44. The molecule has 0 aliphatic carbocycles. The molecule has 1 fully saturated rings. The molecule has 1 atom stereocenters. The first-order chi connectivity index (χ1) is 12.2. The fourth-order valence-corrected chi connectivity index (χ4v) is 2.96. The van der Waals surface area contributed by atoms with Crippen LogP contribution >= 0.6 is 0 Å². The fraction of sp³-hybridized carbons (Fsp3) is 0.611. The zero-order valence-corrected chi connectivity index (χ0v) is 15.2. The largest absolute Gasteiger partial charge is 0.444 e. The van der Waals surface area contributed by atoms with Crippen LogP contribution in [0.4, 0.5) is 31.1 Å². The van der Waals surface area contributed by atoms with Crippen molar-refractivity contribution < 1.29 is 35.9 Å². The number of rotatable bonds is 1. The normalized spacial score (nSPS) is 19.1. The highest BCUT2D eigenvalue weighted by atomic mass is 19.4. The number of hydrogen-bond donors (Lipinski definition) is 0. The summed E-state index contributed by atoms with van der Waals surface area (Å²) in [6.07, 6.45) is -9.57. The third-order valence-electron chi connectivity index (χ3n) is 4.15. The lowest BCUT2D eigenvalue weighted by Crippen LogP contribution is -2.42. The number of benzene rings is 1. The highest BCUT2D eigenvalue weighted by Gasteiger charge is 2.38. The lowest BCUT2D eigenvalue weighted by atomic mass is 9.88. The lowest BCUT2D eigenvalue weighted by molar-refractivity contribution is -0.143. The summed E-state index contributed by atoms with van der Waals surface area (Å²) in [6, 6.07) is 1.58. The summed E-state index contributed by atoms with van der Waals surface area (Å²) in [4.78, 5) is 13.5. The van der Waals surface area contributed by atoms with Crippen molar-refractivity contribution in [2.24, 2.45) is 0 Å². The molecule has 1 saturated heterocycles. The smallest absolute Gasteiger partial charge is 0.416 e. The molecular weight excluding hydrogens is 376 g/mol. The Hall–Kier alpha value is -1.93. The molecule has 0 N–H and O–H groups in total. The molecule has 1 heterocycles. The van der Waals surface area contributed by atoms with Crippen LogP contribution in [0.2, 0.25) is 0 Å². The van der Waals surface area contributed by atoms with Crippen molar-refractivity contribution in [3.05, 3.63) is 34.9 Å². The van der Waals surface area contributed by atoms with Crippen molar-refractivity contribution >= 4 is 6.09 Å². The highest BCUT2D eigenvalue weighted by molar-refractivity contribution is 5.68. The van der Waals surface area contributed by atoms with Gasteiger partial charge in [-0.05, 0) is 57.4 Å². The molecule has 27 heavy (non-hydrogen) atoms. The Bertz CT molecular complexity index is 658. The Morgan fingerprint density at radius 3 is 1.96 bits per heavy atom. The molecule has 1 amide bonds. The number of carbonyl (C=O) groups excluding carboxylic acids is 1. The van der Waals surface area contributed by atoms with Gasteiger partial charge in [0.1, 0.15) is 5.60 Å². The van der Waals surface area contributed by atoms with Gasteiger partial charge >= 0.3 is 18.4 Å². The molecule has 3 nitrogen and oxygen atoms in total. The van der Waals surface area contributed by atoms with Crippen LogP contribution in [0.1, 0.15) is 56.2 Å². The van der Waals surface area contributed by atoms with E-state index in [1.54, 1.807) is 20.8 Å². The molecule has 1 unspecified atom stereocenters. The number of carbonyl (C=O) groups is 1. The summed E-state index contributed by atoms with van der Waals surface area (Å²) < 4.78 is 83.5. The van der Waals surface area contributed by atoms with Crippen molar-refractivity contribution in [3.8, 4) is 0 Å². The minimum absolute atomic E-state index is 0.00746. The number of ether oxygens (including phenoxy) is 1. The molecule has 1 aliphatic rings. The van der Waals surface area contributed by atoms with Gasteiger partial charge in [0.15, 0.2) is 0 Å². The molecule has 0 radical (unpaired) electrons. The summed E-state index contributed by atoms with van der Waals surface area (Å²) in [5, 5.41) is 0. The standard InChI is InChI=1S/C18H21F6NO2/c1-16(2,3)27-15(26)25-6-4-5-11(10-25)12-7-13(17(19,20)21)9-14(8-12)18(22,23)24/h7-9,11H,4-6,10H2,1-3H3. The van der Waals surface area contributed by atoms with E-state index in [9.17, 15) is 31.1 Å². The maximum Gasteiger partial charge on any atom is 0.416 e. The number of hydrogen-bond acceptors (Lipinski definition) is 2. The predicted molar refractivity (Wildman–Crippen MR) is 86.2 cm³/mol. The molecule has 9 heteroatoms. The van der Waals surface area contributed by atoms with Crippen molar-refractivity contribution in [2.75, 3.05) is 13.1 Å². The Morgan fingerprint density at radius 1 is 1.00 bits per heavy atom. The molecule has 152 valence electrons. The minimum atomic E-state index is -4.89. The van der Waals surface area contributed by atoms with Gasteiger partial charge in [0.25, 0.3) is 0 Å². The van der Waals surface area contributed by atoms with Crippen molar-refractivity contribution in [3.63, 3.8) is 0 Å². The summed E-state index contributed by atoms with van der Waals surface area (Å²) in [5.74, 6) is -0.630. The van der Waals surface area contributed by atoms with Gasteiger partial charge in [0, 0.05) is 19.0 Å². The van der Waals surface area contributed by atoms with Crippen LogP contribution in [0.5, 0.6) is 0 Å². The first kappa shape index (κ1) is 21.4. The summed E-state index contributed by atoms with van der Waals surface area (Å²) in [6.45, 7) is 5.38. The van der Waals surface area contributed by atoms with E-state index in [-0.39, 0.29) is 18.2 Å². The Kier molecular flexibility index (Phi) is 5.73. The van der Waals surface area contributed by atoms with Gasteiger partial charge in [-0.1, -0.05) is 0 Å². The molecule has 0 spiro atoms. The maximum atomic E-state index is 13.0. The SMILES string of the molecule is CC(C)(C)OC(=O)N1CCCC(c2cc(C(F)(F)F)cc(C(F)(F)F)c2)C1. The van der Waals surface area contributed by atoms with E-state index in [2.05, 4.69) is 0 Å². The molecule has 2 rings (SSSR count). The van der Waals surface area contributed by atoms with Crippen LogP contribution in [-0.2, 0) is 17.1 Å². The first-order valence-electron chi connectivity index (χ1n) is 8.44. The molecule has 0 aromatic heterocycles. The zero-order chi connectivity index (χ0) is 20.6. The van der Waals surface area contributed by atoms with E-state index >= 15 is 0 Å². The van der Waals surface area contributed by atoms with E-state index in [1.807, 2.05) is 0 Å². The van der Waals surface area contributed by atoms with Crippen molar-refractivity contribution in [1.29, 1.82) is 0 Å². The van der Waals surface area contributed by atoms with Gasteiger partial charge in [-0.2, -0.15) is 26.3 Å². The van der Waals surface area contributed by atoms with E-state index in [0.29, 0.717) is 19.4 Å². The zero-order valence-electron chi connectivity index (χ0n) is 15.2. The summed E-state index contributed by atoms with van der Waals surface area (Å²) >= 11 is 0. The minimum Gasteiger partial charge on any atom is -0.444 e. The lowest BCUT2D eigenvalue weighted by Gasteiger charge is -2.34. The van der Waals surface area contributed by atoms with E-state index in [0.717, 1.165) is 12.1 Å². The number of likely N-dealkylation sites (tertiary alicyclic amines) is 1. The summed E-state index contributed by atoms with van der Waals surface area (Å²) in [7, 11) is 0. The van der Waals surface area contributed by atoms with Crippen LogP contribution in [0, 0.1) is 0 Å². The van der Waals surface area contributed by atoms with Crippen LogP contribution in [-0.4, -0.2) is 29.7 Å². The van der Waals surface area contributed by atoms with Gasteiger partial charge < -0.3 is 9.64 Å². The van der Waals surface area contributed by atoms with E-state index in [1.165, 1.54) is 4.90 Å². The second-order valence-corrected chi connectivity index (χ2v) is 7.60. The molecule has 0 bridgehead atoms. The third-order valence-corrected chi connectivity index (χ3v) is 4.15. The third kappa shape index (κ3) is 5.77. The Balaban J connectivity index is 2.32. The predicted octanol–water partition coefficient (Wildman–Crippen LogP) is 5.84. The van der Waals surface area contributed by atoms with Crippen LogP contribution in [0.15, 0.2) is 18.2 Å². The van der Waals surface area contributed by atoms with Crippen LogP contribution < -0.4 is 0 Å². The van der Waals surface area contributed by atoms with Crippen LogP contribution in [0.25, 0.3) is 0 Å². The molecule has 1 aromatic rings. The number of alkyl halides is 6. The number of piperidine rings is 1. The van der Waals surface area contributed by atoms with Gasteiger partial charge in [0.05, 0.1) is 11.1 Å². The van der Waals surface area contributed by atoms with Gasteiger partial charge in [0.2, 0.25) is 0 Å². The van der Waals surface area contributed by atoms with Crippen LogP contribution in [0.3, 0.4) is 0 Å². The fourth-order valence-electron chi connectivity index (χ4n) is 2.96. The second kappa shape index (κ2) is 7.24. The number of amides is 1. The monoisotopic (exact) mass is 397 g/mol. The van der Waals surface area contributed by atoms with Gasteiger partial charge in [-0.25, -0.2) is 4.79 Å². The molecule has 1 aliphatic heterocycles. The van der Waals surface area contributed by atoms with Gasteiger partial charge in [-0.15, -0.1) is 0 Å². The topological polar surface area (TPSA) is 29.5 Å². The number of nitrogens with zero attached hydrogens (tertiary/aromatic N) is 1. The van der Waals surface area contributed by atoms with Gasteiger partial charge in [-0.3, -0.25) is 0 Å². The molecule has 0 saturated carbocycles. The van der Waals surface area contributed by atoms with E-state index < -0.39 is 41.1 Å². The van der Waals surface area contributed by atoms with Crippen molar-refractivity contribution in [1.82, 2.24) is 4.90 Å². The molecule has 1 aromatic carbocycles. The average molecular weight is 397 g/mol. The Labute approximate surface area is 153 Å². The Morgan fingerprint density at radius 2 is 1.52 bits per heavy atom. The second-order valence-electron chi connectivity index (χ2n) is 7.60. The summed E-state index contributed by atoms with van der Waals surface area (Å²) in [5.41, 5.74) is -3.52. The number of halogens is 6. The quantitative estimate of drug-likeness (QED) is 0.558. The highest BCUT2D eigenvalue weighted by Crippen LogP contribution is 2.39. The molecular formula is C18H21F6NO2. The van der Waals surface area contributed by atoms with E-state index in [4.69, 9.17) is 4.74 Å². The van der Waals surface area contributed by atoms with Crippen molar-refractivity contribution in [2.45, 2.75) is 57.5 Å². The maximum absolute atomic E-state index is 13.0. The average Bonchev–Trinajstić information content (AvgIpc) is 2.51.